The molecule has 4 rings (SSSR count). The van der Waals surface area contributed by atoms with Crippen molar-refractivity contribution in [1.29, 1.82) is 0 Å². The van der Waals surface area contributed by atoms with Crippen LogP contribution in [0.4, 0.5) is 5.82 Å². The maximum Gasteiger partial charge on any atom is 0.140 e. The molecule has 0 N–H and O–H groups in total. The van der Waals surface area contributed by atoms with Crippen LogP contribution >= 0.6 is 11.8 Å². The molecule has 2 heterocycles. The summed E-state index contributed by atoms with van der Waals surface area (Å²) in [6.45, 7) is 3.26. The van der Waals surface area contributed by atoms with Crippen LogP contribution in [-0.2, 0) is 0 Å². The molecule has 1 aliphatic heterocycles. The Morgan fingerprint density at radius 2 is 2.10 bits per heavy atom. The van der Waals surface area contributed by atoms with E-state index in [1.54, 1.807) is 6.33 Å². The summed E-state index contributed by atoms with van der Waals surface area (Å²) in [6.07, 6.45) is 7.17. The van der Waals surface area contributed by atoms with Gasteiger partial charge in [0.25, 0.3) is 0 Å². The zero-order valence-corrected chi connectivity index (χ0v) is 13.3. The maximum absolute atomic E-state index is 4.67. The van der Waals surface area contributed by atoms with Gasteiger partial charge >= 0.3 is 0 Å². The van der Waals surface area contributed by atoms with E-state index in [0.717, 1.165) is 23.1 Å². The second-order valence-corrected chi connectivity index (χ2v) is 7.52. The van der Waals surface area contributed by atoms with Gasteiger partial charge in [-0.2, -0.15) is 11.8 Å². The Bertz CT molecular complexity index is 656. The summed E-state index contributed by atoms with van der Waals surface area (Å²) in [7, 11) is 0. The Kier molecular flexibility index (Phi) is 3.49. The topological polar surface area (TPSA) is 29.0 Å². The fourth-order valence-corrected chi connectivity index (χ4v) is 5.19. The summed E-state index contributed by atoms with van der Waals surface area (Å²) in [5.74, 6) is 2.37. The zero-order chi connectivity index (χ0) is 14.2. The van der Waals surface area contributed by atoms with Gasteiger partial charge < -0.3 is 4.90 Å². The lowest BCUT2D eigenvalue weighted by Gasteiger charge is -2.44. The first kappa shape index (κ1) is 13.4. The number of fused-ring (bicyclic) bond motifs is 2. The molecule has 3 nitrogen and oxygen atoms in total. The molecule has 0 amide bonds. The lowest BCUT2D eigenvalue weighted by Crippen LogP contribution is -2.49. The van der Waals surface area contributed by atoms with Crippen molar-refractivity contribution >= 4 is 28.5 Å². The quantitative estimate of drug-likeness (QED) is 0.801. The van der Waals surface area contributed by atoms with Gasteiger partial charge in [-0.25, -0.2) is 9.97 Å². The number of nitrogens with zero attached hydrogens (tertiary/aromatic N) is 3. The summed E-state index contributed by atoms with van der Waals surface area (Å²) in [5, 5.41) is 2.01. The van der Waals surface area contributed by atoms with Gasteiger partial charge in [0, 0.05) is 29.0 Å². The van der Waals surface area contributed by atoms with E-state index in [-0.39, 0.29) is 0 Å². The minimum atomic E-state index is 0.663. The predicted octanol–water partition coefficient (Wildman–Crippen LogP) is 3.80. The number of aromatic nitrogens is 2. The van der Waals surface area contributed by atoms with Crippen LogP contribution in [0, 0.1) is 6.92 Å². The van der Waals surface area contributed by atoms with Gasteiger partial charge in [-0.15, -0.1) is 0 Å². The smallest absolute Gasteiger partial charge is 0.140 e. The van der Waals surface area contributed by atoms with Gasteiger partial charge in [0.15, 0.2) is 0 Å². The summed E-state index contributed by atoms with van der Waals surface area (Å²) >= 11 is 2.17. The van der Waals surface area contributed by atoms with E-state index in [9.17, 15) is 0 Å². The van der Waals surface area contributed by atoms with Gasteiger partial charge in [-0.05, 0) is 31.9 Å². The second kappa shape index (κ2) is 5.48. The molecule has 2 unspecified atom stereocenters. The van der Waals surface area contributed by atoms with E-state index < -0.39 is 0 Å². The molecule has 0 bridgehead atoms. The fraction of sp³-hybridized carbons (Fsp3) is 0.529. The molecule has 4 heteroatoms. The number of hydrogen-bond donors (Lipinski definition) is 0. The number of rotatable bonds is 1. The van der Waals surface area contributed by atoms with E-state index >= 15 is 0 Å². The third kappa shape index (κ3) is 2.39. The van der Waals surface area contributed by atoms with Crippen LogP contribution in [0.1, 0.15) is 31.2 Å². The molecule has 1 saturated carbocycles. The molecule has 2 fully saturated rings. The molecule has 2 atom stereocenters. The Labute approximate surface area is 130 Å². The van der Waals surface area contributed by atoms with Crippen molar-refractivity contribution in [1.82, 2.24) is 9.97 Å². The molecule has 1 aliphatic carbocycles. The number of thioether (sulfide) groups is 1. The molecule has 2 aliphatic rings. The zero-order valence-electron chi connectivity index (χ0n) is 12.5. The molecule has 1 aromatic heterocycles. The van der Waals surface area contributed by atoms with Crippen molar-refractivity contribution in [3.63, 3.8) is 0 Å². The van der Waals surface area contributed by atoms with Crippen LogP contribution in [0.25, 0.3) is 10.9 Å². The van der Waals surface area contributed by atoms with Crippen molar-refractivity contribution in [2.24, 2.45) is 0 Å². The Hall–Kier alpha value is -1.29. The van der Waals surface area contributed by atoms with E-state index in [0.29, 0.717) is 6.04 Å². The molecule has 1 saturated heterocycles. The van der Waals surface area contributed by atoms with Crippen molar-refractivity contribution in [2.45, 2.75) is 43.9 Å². The van der Waals surface area contributed by atoms with Gasteiger partial charge in [0.05, 0.1) is 5.52 Å². The van der Waals surface area contributed by atoms with Crippen molar-refractivity contribution in [2.75, 3.05) is 17.2 Å². The van der Waals surface area contributed by atoms with Gasteiger partial charge in [0.2, 0.25) is 0 Å². The first-order chi connectivity index (χ1) is 10.3. The van der Waals surface area contributed by atoms with Crippen molar-refractivity contribution < 1.29 is 0 Å². The highest BCUT2D eigenvalue weighted by atomic mass is 32.2. The molecule has 0 spiro atoms. The average molecular weight is 299 g/mol. The second-order valence-electron chi connectivity index (χ2n) is 6.17. The summed E-state index contributed by atoms with van der Waals surface area (Å²) < 4.78 is 0. The lowest BCUT2D eigenvalue weighted by atomic mass is 9.93. The van der Waals surface area contributed by atoms with E-state index in [1.807, 2.05) is 0 Å². The van der Waals surface area contributed by atoms with Crippen LogP contribution in [0.3, 0.4) is 0 Å². The molecular weight excluding hydrogens is 278 g/mol. The normalized spacial score (nSPS) is 25.9. The highest BCUT2D eigenvalue weighted by molar-refractivity contribution is 8.00. The van der Waals surface area contributed by atoms with Crippen LogP contribution in [0.5, 0.6) is 0 Å². The van der Waals surface area contributed by atoms with Crippen LogP contribution in [0.2, 0.25) is 0 Å². The van der Waals surface area contributed by atoms with Crippen molar-refractivity contribution in [3.8, 4) is 0 Å². The summed E-state index contributed by atoms with van der Waals surface area (Å²) in [5.41, 5.74) is 2.35. The van der Waals surface area contributed by atoms with Crippen LogP contribution in [-0.4, -0.2) is 33.6 Å². The molecular formula is C17H21N3S. The lowest BCUT2D eigenvalue weighted by molar-refractivity contribution is 0.421. The van der Waals surface area contributed by atoms with Gasteiger partial charge in [-0.1, -0.05) is 24.5 Å². The van der Waals surface area contributed by atoms with Gasteiger partial charge in [-0.3, -0.25) is 0 Å². The standard InChI is InChI=1S/C17H21N3S/c1-12-6-7-14-13(10-12)17(19-11-18-14)20-8-9-21-16-5-3-2-4-15(16)20/h6-7,10-11,15-16H,2-5,8-9H2,1H3. The molecule has 1 aromatic carbocycles. The van der Waals surface area contributed by atoms with E-state index in [4.69, 9.17) is 0 Å². The number of hydrogen-bond acceptors (Lipinski definition) is 4. The molecule has 0 radical (unpaired) electrons. The number of aryl methyl sites for hydroxylation is 1. The molecule has 21 heavy (non-hydrogen) atoms. The Morgan fingerprint density at radius 1 is 1.19 bits per heavy atom. The molecule has 2 aromatic rings. The van der Waals surface area contributed by atoms with E-state index in [1.165, 1.54) is 42.4 Å². The van der Waals surface area contributed by atoms with E-state index in [2.05, 4.69) is 51.8 Å². The maximum atomic E-state index is 4.67. The van der Waals surface area contributed by atoms with Gasteiger partial charge in [0.1, 0.15) is 12.1 Å². The predicted molar refractivity (Wildman–Crippen MR) is 90.1 cm³/mol. The molecule has 110 valence electrons. The Balaban J connectivity index is 1.79. The summed E-state index contributed by atoms with van der Waals surface area (Å²) in [4.78, 5) is 11.7. The Morgan fingerprint density at radius 3 is 3.05 bits per heavy atom. The number of anilines is 1. The third-order valence-corrected chi connectivity index (χ3v) is 6.17. The van der Waals surface area contributed by atoms with Crippen molar-refractivity contribution in [3.05, 3.63) is 30.1 Å². The first-order valence-corrected chi connectivity index (χ1v) is 8.97. The number of benzene rings is 1. The minimum Gasteiger partial charge on any atom is -0.351 e. The monoisotopic (exact) mass is 299 g/mol. The average Bonchev–Trinajstić information content (AvgIpc) is 2.54. The van der Waals surface area contributed by atoms with Crippen LogP contribution < -0.4 is 4.90 Å². The van der Waals surface area contributed by atoms with Crippen LogP contribution in [0.15, 0.2) is 24.5 Å². The fourth-order valence-electron chi connectivity index (χ4n) is 3.75. The SMILES string of the molecule is Cc1ccc2ncnc(N3CCSC4CCCCC43)c2c1. The minimum absolute atomic E-state index is 0.663. The summed E-state index contributed by atoms with van der Waals surface area (Å²) in [6, 6.07) is 7.15. The third-order valence-electron chi connectivity index (χ3n) is 4.77. The largest absolute Gasteiger partial charge is 0.351 e. The first-order valence-electron chi connectivity index (χ1n) is 7.92. The highest BCUT2D eigenvalue weighted by Gasteiger charge is 2.35. The highest BCUT2D eigenvalue weighted by Crippen LogP contribution is 2.38.